The van der Waals surface area contributed by atoms with Gasteiger partial charge in [-0.25, -0.2) is 18.2 Å². The van der Waals surface area contributed by atoms with Crippen molar-refractivity contribution < 1.29 is 17.9 Å². The lowest BCUT2D eigenvalue weighted by Gasteiger charge is -2.29. The Kier molecular flexibility index (Phi) is 6.67. The summed E-state index contributed by atoms with van der Waals surface area (Å²) in [6.45, 7) is 3.28. The number of thiazole rings is 1. The van der Waals surface area contributed by atoms with Crippen molar-refractivity contribution in [2.24, 2.45) is 0 Å². The fourth-order valence-corrected chi connectivity index (χ4v) is 6.22. The van der Waals surface area contributed by atoms with E-state index in [1.807, 2.05) is 16.8 Å². The number of halogens is 4. The number of nitrogens with two attached hydrogens (primary N) is 1. The summed E-state index contributed by atoms with van der Waals surface area (Å²) >= 11 is 7.65. The summed E-state index contributed by atoms with van der Waals surface area (Å²) in [6, 6.07) is 4.16. The molecule has 13 heteroatoms. The number of hydrogen-bond acceptors (Lipinski definition) is 9. The van der Waals surface area contributed by atoms with E-state index in [-0.39, 0.29) is 50.1 Å². The van der Waals surface area contributed by atoms with Gasteiger partial charge in [0.15, 0.2) is 10.9 Å². The third-order valence-corrected chi connectivity index (χ3v) is 8.27. The largest absolute Gasteiger partial charge is 0.462 e. The normalized spacial score (nSPS) is 20.6. The first-order valence-corrected chi connectivity index (χ1v) is 13.5. The molecule has 0 bridgehead atoms. The van der Waals surface area contributed by atoms with E-state index in [9.17, 15) is 8.78 Å². The van der Waals surface area contributed by atoms with Gasteiger partial charge in [-0.3, -0.25) is 4.90 Å². The van der Waals surface area contributed by atoms with Crippen molar-refractivity contribution in [2.75, 3.05) is 57.0 Å². The molecule has 4 aromatic rings. The molecular weight excluding hydrogens is 539 g/mol. The van der Waals surface area contributed by atoms with Gasteiger partial charge in [0.1, 0.15) is 29.9 Å². The van der Waals surface area contributed by atoms with Gasteiger partial charge < -0.3 is 20.7 Å². The SMILES string of the molecule is CN1C[C@H](F)C[C@H]1COc1nc(N2CCNCC2)c2cc(Cl)c(-c3ccc(F)c4sc(N)nc34)c(F)c2n1. The summed E-state index contributed by atoms with van der Waals surface area (Å²) in [5.41, 5.74) is 6.44. The lowest BCUT2D eigenvalue weighted by Crippen LogP contribution is -2.44. The maximum atomic E-state index is 16.4. The number of benzene rings is 2. The number of nitrogens with zero attached hydrogens (tertiary/aromatic N) is 5. The second-order valence-electron chi connectivity index (χ2n) is 9.57. The van der Waals surface area contributed by atoms with Crippen molar-refractivity contribution >= 4 is 55.0 Å². The van der Waals surface area contributed by atoms with E-state index in [0.717, 1.165) is 24.4 Å². The third-order valence-electron chi connectivity index (χ3n) is 7.08. The number of likely N-dealkylation sites (N-methyl/N-ethyl adjacent to an activating group) is 1. The number of rotatable bonds is 5. The van der Waals surface area contributed by atoms with Crippen LogP contribution in [0.1, 0.15) is 6.42 Å². The maximum Gasteiger partial charge on any atom is 0.319 e. The van der Waals surface area contributed by atoms with Crippen molar-refractivity contribution in [3.63, 3.8) is 0 Å². The molecule has 2 aromatic heterocycles. The van der Waals surface area contributed by atoms with Crippen LogP contribution in [0.3, 0.4) is 0 Å². The van der Waals surface area contributed by atoms with Crippen LogP contribution in [0, 0.1) is 11.6 Å². The van der Waals surface area contributed by atoms with Crippen LogP contribution in [0.4, 0.5) is 24.1 Å². The number of ether oxygens (including phenoxy) is 1. The molecule has 3 N–H and O–H groups in total. The quantitative estimate of drug-likeness (QED) is 0.372. The van der Waals surface area contributed by atoms with Gasteiger partial charge in [-0.1, -0.05) is 22.9 Å². The Balaban J connectivity index is 1.49. The molecule has 2 aromatic carbocycles. The standard InChI is InChI=1S/C25H25ClF3N7OS/c1-35-10-12(27)8-13(35)11-37-25-33-20-15(23(34-25)36-6-4-31-5-7-36)9-16(26)18(19(20)29)14-2-3-17(28)22-21(14)32-24(30)38-22/h2-3,9,12-13,31H,4-8,10-11H2,1H3,(H2,30,32)/t12-,13+/m1/s1. The molecule has 4 heterocycles. The van der Waals surface area contributed by atoms with Crippen molar-refractivity contribution in [3.05, 3.63) is 34.9 Å². The van der Waals surface area contributed by atoms with Gasteiger partial charge in [0, 0.05) is 55.3 Å². The molecule has 38 heavy (non-hydrogen) atoms. The van der Waals surface area contributed by atoms with Crippen LogP contribution in [-0.4, -0.2) is 78.4 Å². The molecular formula is C25H25ClF3N7OS. The molecule has 0 amide bonds. The Bertz CT molecular complexity index is 1530. The Morgan fingerprint density at radius 3 is 2.71 bits per heavy atom. The lowest BCUT2D eigenvalue weighted by atomic mass is 10.0. The van der Waals surface area contributed by atoms with E-state index < -0.39 is 17.8 Å². The molecule has 0 unspecified atom stereocenters. The smallest absolute Gasteiger partial charge is 0.319 e. The predicted molar refractivity (Wildman–Crippen MR) is 144 cm³/mol. The van der Waals surface area contributed by atoms with Crippen molar-refractivity contribution in [1.29, 1.82) is 0 Å². The first-order valence-electron chi connectivity index (χ1n) is 12.3. The minimum absolute atomic E-state index is 0.00364. The van der Waals surface area contributed by atoms with Gasteiger partial charge in [0.05, 0.1) is 15.2 Å². The van der Waals surface area contributed by atoms with Crippen LogP contribution in [-0.2, 0) is 0 Å². The Labute approximate surface area is 225 Å². The average molecular weight is 564 g/mol. The number of aromatic nitrogens is 3. The van der Waals surface area contributed by atoms with Gasteiger partial charge in [0.2, 0.25) is 0 Å². The van der Waals surface area contributed by atoms with Crippen molar-refractivity contribution in [2.45, 2.75) is 18.6 Å². The molecule has 2 saturated heterocycles. The van der Waals surface area contributed by atoms with Crippen molar-refractivity contribution in [1.82, 2.24) is 25.2 Å². The fraction of sp³-hybridized carbons (Fsp3) is 0.400. The predicted octanol–water partition coefficient (Wildman–Crippen LogP) is 4.25. The number of hydrogen-bond donors (Lipinski definition) is 2. The van der Waals surface area contributed by atoms with Gasteiger partial charge >= 0.3 is 6.01 Å². The summed E-state index contributed by atoms with van der Waals surface area (Å²) in [7, 11) is 1.84. The molecule has 0 spiro atoms. The van der Waals surface area contributed by atoms with Crippen LogP contribution in [0.15, 0.2) is 18.2 Å². The zero-order valence-corrected chi connectivity index (χ0v) is 22.1. The number of nitrogens with one attached hydrogen (secondary N) is 1. The number of piperazine rings is 1. The summed E-state index contributed by atoms with van der Waals surface area (Å²) in [4.78, 5) is 17.2. The molecule has 2 aliphatic heterocycles. The van der Waals surface area contributed by atoms with Crippen LogP contribution in [0.5, 0.6) is 6.01 Å². The molecule has 6 rings (SSSR count). The monoisotopic (exact) mass is 563 g/mol. The van der Waals surface area contributed by atoms with Crippen LogP contribution >= 0.6 is 22.9 Å². The highest BCUT2D eigenvalue weighted by molar-refractivity contribution is 7.22. The minimum atomic E-state index is -0.919. The van der Waals surface area contributed by atoms with Crippen LogP contribution in [0.25, 0.3) is 32.2 Å². The highest BCUT2D eigenvalue weighted by Gasteiger charge is 2.31. The number of alkyl halides is 1. The fourth-order valence-electron chi connectivity index (χ4n) is 5.16. The van der Waals surface area contributed by atoms with E-state index in [0.29, 0.717) is 42.8 Å². The maximum absolute atomic E-state index is 16.4. The van der Waals surface area contributed by atoms with Crippen LogP contribution < -0.4 is 20.7 Å². The second-order valence-corrected chi connectivity index (χ2v) is 11.0. The second kappa shape index (κ2) is 9.99. The zero-order chi connectivity index (χ0) is 26.6. The molecule has 0 aliphatic carbocycles. The summed E-state index contributed by atoms with van der Waals surface area (Å²) in [6.07, 6.45) is -0.572. The Hall–Kier alpha value is -2.93. The van der Waals surface area contributed by atoms with E-state index in [2.05, 4.69) is 20.3 Å². The number of nitrogen functional groups attached to an aromatic ring is 1. The summed E-state index contributed by atoms with van der Waals surface area (Å²) in [5, 5.41) is 4.00. The van der Waals surface area contributed by atoms with E-state index in [1.54, 1.807) is 6.07 Å². The third kappa shape index (κ3) is 4.49. The molecule has 200 valence electrons. The van der Waals surface area contributed by atoms with Gasteiger partial charge in [-0.2, -0.15) is 9.97 Å². The van der Waals surface area contributed by atoms with Gasteiger partial charge in [-0.15, -0.1) is 0 Å². The Morgan fingerprint density at radius 2 is 1.97 bits per heavy atom. The zero-order valence-electron chi connectivity index (χ0n) is 20.5. The minimum Gasteiger partial charge on any atom is -0.462 e. The lowest BCUT2D eigenvalue weighted by molar-refractivity contribution is 0.188. The van der Waals surface area contributed by atoms with E-state index in [4.69, 9.17) is 22.1 Å². The Morgan fingerprint density at radius 1 is 1.18 bits per heavy atom. The number of anilines is 2. The summed E-state index contributed by atoms with van der Waals surface area (Å²) in [5.74, 6) is -0.691. The molecule has 8 nitrogen and oxygen atoms in total. The summed E-state index contributed by atoms with van der Waals surface area (Å²) < 4.78 is 50.8. The molecule has 2 fully saturated rings. The molecule has 2 atom stereocenters. The highest BCUT2D eigenvalue weighted by atomic mass is 35.5. The topological polar surface area (TPSA) is 92.4 Å². The average Bonchev–Trinajstić information content (AvgIpc) is 3.45. The number of fused-ring (bicyclic) bond motifs is 2. The molecule has 0 radical (unpaired) electrons. The first kappa shape index (κ1) is 25.4. The van der Waals surface area contributed by atoms with Gasteiger partial charge in [0.25, 0.3) is 0 Å². The van der Waals surface area contributed by atoms with Gasteiger partial charge in [-0.05, 0) is 31.7 Å². The van der Waals surface area contributed by atoms with E-state index >= 15 is 4.39 Å². The molecule has 0 saturated carbocycles. The number of likely N-dealkylation sites (tertiary alicyclic amines) is 1. The van der Waals surface area contributed by atoms with Crippen LogP contribution in [0.2, 0.25) is 5.02 Å². The first-order chi connectivity index (χ1) is 18.3. The highest BCUT2D eigenvalue weighted by Crippen LogP contribution is 2.42. The molecule has 2 aliphatic rings. The van der Waals surface area contributed by atoms with Crippen molar-refractivity contribution in [3.8, 4) is 17.1 Å². The van der Waals surface area contributed by atoms with E-state index in [1.165, 1.54) is 12.1 Å².